The summed E-state index contributed by atoms with van der Waals surface area (Å²) in [5.41, 5.74) is 6.88. The SMILES string of the molecule is COc1cccc(CC(NC(C)=O)c2nc(C3(N)CCCC3)no2)c1.Cl. The van der Waals surface area contributed by atoms with Crippen LogP contribution >= 0.6 is 12.4 Å². The fourth-order valence-electron chi connectivity index (χ4n) is 3.29. The third-order valence-corrected chi connectivity index (χ3v) is 4.63. The highest BCUT2D eigenvalue weighted by molar-refractivity contribution is 5.85. The minimum Gasteiger partial charge on any atom is -0.497 e. The summed E-state index contributed by atoms with van der Waals surface area (Å²) in [6, 6.07) is 7.27. The number of hydrogen-bond donors (Lipinski definition) is 2. The van der Waals surface area contributed by atoms with E-state index in [9.17, 15) is 4.79 Å². The van der Waals surface area contributed by atoms with Gasteiger partial charge < -0.3 is 20.3 Å². The molecule has 0 radical (unpaired) electrons. The predicted octanol–water partition coefficient (Wildman–Crippen LogP) is 2.65. The van der Waals surface area contributed by atoms with Gasteiger partial charge in [0, 0.05) is 13.3 Å². The highest BCUT2D eigenvalue weighted by Crippen LogP contribution is 2.35. The maximum absolute atomic E-state index is 11.6. The molecule has 0 aliphatic heterocycles. The molecule has 1 saturated carbocycles. The van der Waals surface area contributed by atoms with Crippen LogP contribution < -0.4 is 15.8 Å². The Bertz CT molecular complexity index is 744. The van der Waals surface area contributed by atoms with Crippen LogP contribution in [-0.4, -0.2) is 23.2 Å². The van der Waals surface area contributed by atoms with Crippen LogP contribution in [0.1, 0.15) is 55.9 Å². The molecular formula is C18H25ClN4O3. The van der Waals surface area contributed by atoms with Crippen molar-refractivity contribution >= 4 is 18.3 Å². The van der Waals surface area contributed by atoms with E-state index < -0.39 is 11.6 Å². The zero-order valence-electron chi connectivity index (χ0n) is 15.0. The van der Waals surface area contributed by atoms with E-state index in [1.165, 1.54) is 6.92 Å². The predicted molar refractivity (Wildman–Crippen MR) is 99.1 cm³/mol. The molecule has 1 aliphatic carbocycles. The lowest BCUT2D eigenvalue weighted by Crippen LogP contribution is -2.34. The number of nitrogens with two attached hydrogens (primary N) is 1. The Labute approximate surface area is 159 Å². The van der Waals surface area contributed by atoms with Gasteiger partial charge in [0.15, 0.2) is 5.82 Å². The molecule has 0 spiro atoms. The molecule has 142 valence electrons. The Balaban J connectivity index is 0.00000243. The first-order valence-corrected chi connectivity index (χ1v) is 8.53. The van der Waals surface area contributed by atoms with E-state index >= 15 is 0 Å². The highest BCUT2D eigenvalue weighted by Gasteiger charge is 2.36. The minimum absolute atomic E-state index is 0. The molecule has 1 aliphatic rings. The van der Waals surface area contributed by atoms with Crippen LogP contribution in [0.3, 0.4) is 0 Å². The Hall–Kier alpha value is -2.12. The quantitative estimate of drug-likeness (QED) is 0.798. The van der Waals surface area contributed by atoms with E-state index in [0.29, 0.717) is 18.1 Å². The van der Waals surface area contributed by atoms with Gasteiger partial charge in [0.05, 0.1) is 12.6 Å². The summed E-state index contributed by atoms with van der Waals surface area (Å²) < 4.78 is 10.7. The second-order valence-corrected chi connectivity index (χ2v) is 6.63. The maximum atomic E-state index is 11.6. The van der Waals surface area contributed by atoms with Crippen molar-refractivity contribution in [1.82, 2.24) is 15.5 Å². The number of carbonyl (C=O) groups is 1. The number of benzene rings is 1. The minimum atomic E-state index is -0.515. The van der Waals surface area contributed by atoms with Crippen molar-refractivity contribution in [3.63, 3.8) is 0 Å². The van der Waals surface area contributed by atoms with Crippen LogP contribution in [0, 0.1) is 0 Å². The van der Waals surface area contributed by atoms with E-state index in [2.05, 4.69) is 15.5 Å². The fourth-order valence-corrected chi connectivity index (χ4v) is 3.29. The third kappa shape index (κ3) is 4.53. The van der Waals surface area contributed by atoms with Crippen molar-refractivity contribution in [3.8, 4) is 5.75 Å². The van der Waals surface area contributed by atoms with Crippen molar-refractivity contribution in [2.45, 2.75) is 50.6 Å². The molecule has 1 atom stereocenters. The standard InChI is InChI=1S/C18H24N4O3.ClH/c1-12(23)20-15(11-13-6-5-7-14(10-13)24-2)16-21-17(22-25-16)18(19)8-3-4-9-18;/h5-7,10,15H,3-4,8-9,11,19H2,1-2H3,(H,20,23);1H. The Morgan fingerprint density at radius 3 is 2.81 bits per heavy atom. The summed E-state index contributed by atoms with van der Waals surface area (Å²) in [6.07, 6.45) is 4.37. The van der Waals surface area contributed by atoms with Crippen molar-refractivity contribution in [2.75, 3.05) is 7.11 Å². The Kier molecular flexibility index (Phi) is 6.61. The molecule has 8 heteroatoms. The zero-order chi connectivity index (χ0) is 17.9. The second kappa shape index (κ2) is 8.51. The molecule has 1 aromatic carbocycles. The monoisotopic (exact) mass is 380 g/mol. The lowest BCUT2D eigenvalue weighted by Gasteiger charge is -2.18. The van der Waals surface area contributed by atoms with Gasteiger partial charge in [-0.25, -0.2) is 0 Å². The molecule has 1 amide bonds. The number of nitrogens with zero attached hydrogens (tertiary/aromatic N) is 2. The molecular weight excluding hydrogens is 356 g/mol. The largest absolute Gasteiger partial charge is 0.497 e. The molecule has 1 unspecified atom stereocenters. The van der Waals surface area contributed by atoms with E-state index in [0.717, 1.165) is 37.0 Å². The molecule has 0 bridgehead atoms. The van der Waals surface area contributed by atoms with Crippen LogP contribution in [0.4, 0.5) is 0 Å². The number of ether oxygens (including phenoxy) is 1. The molecule has 3 rings (SSSR count). The van der Waals surface area contributed by atoms with Gasteiger partial charge in [-0.3, -0.25) is 4.79 Å². The van der Waals surface area contributed by atoms with E-state index in [1.54, 1.807) is 7.11 Å². The molecule has 1 heterocycles. The van der Waals surface area contributed by atoms with Crippen LogP contribution in [0.25, 0.3) is 0 Å². The third-order valence-electron chi connectivity index (χ3n) is 4.63. The summed E-state index contributed by atoms with van der Waals surface area (Å²) in [5, 5.41) is 6.97. The summed E-state index contributed by atoms with van der Waals surface area (Å²) in [5.74, 6) is 1.51. The smallest absolute Gasteiger partial charge is 0.249 e. The van der Waals surface area contributed by atoms with Crippen LogP contribution in [0.5, 0.6) is 5.75 Å². The van der Waals surface area contributed by atoms with E-state index in [-0.39, 0.29) is 18.3 Å². The van der Waals surface area contributed by atoms with Crippen LogP contribution in [-0.2, 0) is 16.8 Å². The first-order chi connectivity index (χ1) is 12.0. The highest BCUT2D eigenvalue weighted by atomic mass is 35.5. The molecule has 0 saturated heterocycles. The van der Waals surface area contributed by atoms with Gasteiger partial charge in [-0.1, -0.05) is 30.1 Å². The average Bonchev–Trinajstić information content (AvgIpc) is 3.24. The molecule has 2 aromatic rings. The van der Waals surface area contributed by atoms with Crippen molar-refractivity contribution < 1.29 is 14.1 Å². The average molecular weight is 381 g/mol. The summed E-state index contributed by atoms with van der Waals surface area (Å²) in [4.78, 5) is 16.1. The number of methoxy groups -OCH3 is 1. The van der Waals surface area contributed by atoms with Crippen LogP contribution in [0.15, 0.2) is 28.8 Å². The summed E-state index contributed by atoms with van der Waals surface area (Å²) in [6.45, 7) is 1.47. The lowest BCUT2D eigenvalue weighted by molar-refractivity contribution is -0.119. The van der Waals surface area contributed by atoms with Gasteiger partial charge in [-0.2, -0.15) is 4.98 Å². The second-order valence-electron chi connectivity index (χ2n) is 6.63. The topological polar surface area (TPSA) is 103 Å². The number of nitrogens with one attached hydrogen (secondary N) is 1. The molecule has 1 aromatic heterocycles. The molecule has 3 N–H and O–H groups in total. The van der Waals surface area contributed by atoms with Gasteiger partial charge in [-0.05, 0) is 30.5 Å². The molecule has 1 fully saturated rings. The van der Waals surface area contributed by atoms with Crippen molar-refractivity contribution in [2.24, 2.45) is 5.73 Å². The summed E-state index contributed by atoms with van der Waals surface area (Å²) >= 11 is 0. The number of carbonyl (C=O) groups excluding carboxylic acids is 1. The molecule has 26 heavy (non-hydrogen) atoms. The molecule has 7 nitrogen and oxygen atoms in total. The van der Waals surface area contributed by atoms with E-state index in [4.69, 9.17) is 15.0 Å². The zero-order valence-corrected chi connectivity index (χ0v) is 15.8. The van der Waals surface area contributed by atoms with Gasteiger partial charge >= 0.3 is 0 Å². The number of aromatic nitrogens is 2. The Morgan fingerprint density at radius 1 is 1.42 bits per heavy atom. The van der Waals surface area contributed by atoms with Crippen molar-refractivity contribution in [1.29, 1.82) is 0 Å². The summed E-state index contributed by atoms with van der Waals surface area (Å²) in [7, 11) is 1.62. The van der Waals surface area contributed by atoms with Crippen LogP contribution in [0.2, 0.25) is 0 Å². The van der Waals surface area contributed by atoms with E-state index in [1.807, 2.05) is 24.3 Å². The normalized spacial score (nSPS) is 16.6. The maximum Gasteiger partial charge on any atom is 0.249 e. The van der Waals surface area contributed by atoms with Gasteiger partial charge in [0.25, 0.3) is 0 Å². The van der Waals surface area contributed by atoms with Crippen molar-refractivity contribution in [3.05, 3.63) is 41.5 Å². The first-order valence-electron chi connectivity index (χ1n) is 8.53. The fraction of sp³-hybridized carbons (Fsp3) is 0.500. The number of hydrogen-bond acceptors (Lipinski definition) is 6. The first kappa shape index (κ1) is 20.2. The van der Waals surface area contributed by atoms with Gasteiger partial charge in [0.2, 0.25) is 11.8 Å². The Morgan fingerprint density at radius 2 is 2.15 bits per heavy atom. The van der Waals surface area contributed by atoms with Gasteiger partial charge in [-0.15, -0.1) is 12.4 Å². The number of halogens is 1. The number of amides is 1. The van der Waals surface area contributed by atoms with Gasteiger partial charge in [0.1, 0.15) is 11.8 Å². The number of rotatable bonds is 6. The lowest BCUT2D eigenvalue weighted by atomic mass is 9.98.